The number of ether oxygens (including phenoxy) is 2. The predicted molar refractivity (Wildman–Crippen MR) is 102 cm³/mol. The lowest BCUT2D eigenvalue weighted by Gasteiger charge is -2.28. The van der Waals surface area contributed by atoms with Crippen LogP contribution in [0.4, 0.5) is 0 Å². The Balaban J connectivity index is 1.73. The van der Waals surface area contributed by atoms with Crippen LogP contribution in [0.5, 0.6) is 5.75 Å². The molecule has 1 heterocycles. The summed E-state index contributed by atoms with van der Waals surface area (Å²) in [7, 11) is 1.64. The summed E-state index contributed by atoms with van der Waals surface area (Å²) in [5.41, 5.74) is 0.712. The molecule has 24 heavy (non-hydrogen) atoms. The van der Waals surface area contributed by atoms with Crippen molar-refractivity contribution in [1.82, 2.24) is 4.90 Å². The van der Waals surface area contributed by atoms with Crippen LogP contribution in [0.15, 0.2) is 36.4 Å². The molecule has 1 saturated heterocycles. The minimum absolute atomic E-state index is 0.0782. The lowest BCUT2D eigenvalue weighted by molar-refractivity contribution is 0.0702. The zero-order valence-electron chi connectivity index (χ0n) is 13.5. The second kappa shape index (κ2) is 7.96. The Morgan fingerprint density at radius 1 is 1.21 bits per heavy atom. The minimum atomic E-state index is 0.0782. The number of fused-ring (bicyclic) bond motifs is 1. The van der Waals surface area contributed by atoms with Crippen molar-refractivity contribution in [3.63, 3.8) is 0 Å². The van der Waals surface area contributed by atoms with Crippen molar-refractivity contribution in [3.8, 4) is 5.75 Å². The normalized spacial score (nSPS) is 14.6. The highest BCUT2D eigenvalue weighted by Gasteiger charge is 2.17. The molecule has 0 radical (unpaired) electrons. The molecule has 0 atom stereocenters. The molecule has 1 fully saturated rings. The first-order valence-corrected chi connectivity index (χ1v) is 9.18. The average Bonchev–Trinajstić information content (AvgIpc) is 2.65. The van der Waals surface area contributed by atoms with E-state index in [0.717, 1.165) is 33.9 Å². The van der Waals surface area contributed by atoms with E-state index in [1.54, 1.807) is 7.11 Å². The number of thioether (sulfide) groups is 1. The molecular weight excluding hydrogens is 342 g/mol. The maximum atomic E-state index is 12.7. The Morgan fingerprint density at radius 3 is 2.62 bits per heavy atom. The summed E-state index contributed by atoms with van der Waals surface area (Å²) in [6.45, 7) is 2.98. The number of carbonyl (C=O) groups excluding carboxylic acids is 1. The lowest BCUT2D eigenvalue weighted by atomic mass is 10.0. The van der Waals surface area contributed by atoms with Crippen LogP contribution in [0.25, 0.3) is 10.8 Å². The SMILES string of the molecule is COc1ccc(C(=O)CSC(=S)N2CCOCC2)c2ccccc12. The first kappa shape index (κ1) is 17.2. The van der Waals surface area contributed by atoms with Gasteiger partial charge in [0.1, 0.15) is 10.1 Å². The number of ketones is 1. The third-order valence-electron chi connectivity index (χ3n) is 4.00. The molecule has 126 valence electrons. The average molecular weight is 361 g/mol. The molecule has 0 bridgehead atoms. The Bertz CT molecular complexity index is 757. The molecule has 0 unspecified atom stereocenters. The number of hydrogen-bond acceptors (Lipinski definition) is 5. The monoisotopic (exact) mass is 361 g/mol. The van der Waals surface area contributed by atoms with Crippen molar-refractivity contribution in [2.75, 3.05) is 39.2 Å². The van der Waals surface area contributed by atoms with Crippen LogP contribution >= 0.6 is 24.0 Å². The van der Waals surface area contributed by atoms with Crippen molar-refractivity contribution in [2.24, 2.45) is 0 Å². The van der Waals surface area contributed by atoms with Crippen LogP contribution in [0.2, 0.25) is 0 Å². The number of rotatable bonds is 4. The van der Waals surface area contributed by atoms with E-state index in [2.05, 4.69) is 4.90 Å². The fourth-order valence-corrected chi connectivity index (χ4v) is 3.87. The number of thiocarbonyl (C=S) groups is 1. The summed E-state index contributed by atoms with van der Waals surface area (Å²) in [6.07, 6.45) is 0. The Kier molecular flexibility index (Phi) is 5.71. The first-order chi connectivity index (χ1) is 11.7. The van der Waals surface area contributed by atoms with Gasteiger partial charge in [0, 0.05) is 24.0 Å². The van der Waals surface area contributed by atoms with Crippen LogP contribution in [-0.4, -0.2) is 54.2 Å². The molecule has 1 aliphatic heterocycles. The molecule has 0 saturated carbocycles. The summed E-state index contributed by atoms with van der Waals surface area (Å²) in [4.78, 5) is 14.8. The van der Waals surface area contributed by atoms with Crippen LogP contribution in [-0.2, 0) is 4.74 Å². The van der Waals surface area contributed by atoms with E-state index in [0.29, 0.717) is 24.5 Å². The van der Waals surface area contributed by atoms with Crippen LogP contribution in [0.1, 0.15) is 10.4 Å². The highest BCUT2D eigenvalue weighted by atomic mass is 32.2. The van der Waals surface area contributed by atoms with Gasteiger partial charge < -0.3 is 14.4 Å². The van der Waals surface area contributed by atoms with Crippen LogP contribution in [0, 0.1) is 0 Å². The Hall–Kier alpha value is -1.63. The van der Waals surface area contributed by atoms with Gasteiger partial charge in [-0.2, -0.15) is 0 Å². The first-order valence-electron chi connectivity index (χ1n) is 7.79. The molecule has 1 aliphatic rings. The van der Waals surface area contributed by atoms with E-state index >= 15 is 0 Å². The molecular formula is C18H19NO3S2. The third kappa shape index (κ3) is 3.71. The minimum Gasteiger partial charge on any atom is -0.496 e. The molecule has 2 aromatic rings. The van der Waals surface area contributed by atoms with Gasteiger partial charge in [-0.05, 0) is 17.5 Å². The summed E-state index contributed by atoms with van der Waals surface area (Å²) in [6, 6.07) is 11.5. The number of Topliss-reactive ketones (excluding diaryl/α,β-unsaturated/α-hetero) is 1. The maximum absolute atomic E-state index is 12.7. The van der Waals surface area contributed by atoms with Gasteiger partial charge in [-0.1, -0.05) is 48.2 Å². The van der Waals surface area contributed by atoms with E-state index in [1.165, 1.54) is 11.8 Å². The number of methoxy groups -OCH3 is 1. The topological polar surface area (TPSA) is 38.8 Å². The van der Waals surface area contributed by atoms with Gasteiger partial charge in [0.25, 0.3) is 0 Å². The molecule has 2 aromatic carbocycles. The van der Waals surface area contributed by atoms with Crippen molar-refractivity contribution in [3.05, 3.63) is 42.0 Å². The van der Waals surface area contributed by atoms with Crippen molar-refractivity contribution < 1.29 is 14.3 Å². The molecule has 6 heteroatoms. The van der Waals surface area contributed by atoms with Crippen molar-refractivity contribution >= 4 is 44.9 Å². The highest BCUT2D eigenvalue weighted by molar-refractivity contribution is 8.23. The highest BCUT2D eigenvalue weighted by Crippen LogP contribution is 2.29. The van der Waals surface area contributed by atoms with Crippen LogP contribution < -0.4 is 4.74 Å². The van der Waals surface area contributed by atoms with E-state index in [4.69, 9.17) is 21.7 Å². The summed E-state index contributed by atoms with van der Waals surface area (Å²) in [5.74, 6) is 1.19. The molecule has 3 rings (SSSR count). The Morgan fingerprint density at radius 2 is 1.92 bits per heavy atom. The van der Waals surface area contributed by atoms with E-state index in [1.807, 2.05) is 36.4 Å². The lowest BCUT2D eigenvalue weighted by Crippen LogP contribution is -2.38. The number of hydrogen-bond donors (Lipinski definition) is 0. The van der Waals surface area contributed by atoms with E-state index in [9.17, 15) is 4.79 Å². The Labute approximate surface area is 151 Å². The number of nitrogens with zero attached hydrogens (tertiary/aromatic N) is 1. The van der Waals surface area contributed by atoms with Gasteiger partial charge >= 0.3 is 0 Å². The van der Waals surface area contributed by atoms with Gasteiger partial charge in [0.2, 0.25) is 0 Å². The molecule has 0 spiro atoms. The van der Waals surface area contributed by atoms with Crippen molar-refractivity contribution in [1.29, 1.82) is 0 Å². The molecule has 4 nitrogen and oxygen atoms in total. The second-order valence-electron chi connectivity index (χ2n) is 5.44. The third-order valence-corrected chi connectivity index (χ3v) is 5.52. The second-order valence-corrected chi connectivity index (χ2v) is 7.05. The fraction of sp³-hybridized carbons (Fsp3) is 0.333. The standard InChI is InChI=1S/C18H19NO3S2/c1-21-17-7-6-14(13-4-2-3-5-15(13)17)16(20)12-24-18(23)19-8-10-22-11-9-19/h2-7H,8-12H2,1H3. The summed E-state index contributed by atoms with van der Waals surface area (Å²) >= 11 is 6.86. The largest absolute Gasteiger partial charge is 0.496 e. The predicted octanol–water partition coefficient (Wildman–Crippen LogP) is 3.38. The van der Waals surface area contributed by atoms with Gasteiger partial charge in [-0.3, -0.25) is 4.79 Å². The number of benzene rings is 2. The zero-order chi connectivity index (χ0) is 16.9. The van der Waals surface area contributed by atoms with E-state index in [-0.39, 0.29) is 5.78 Å². The molecule has 0 aliphatic carbocycles. The fourth-order valence-electron chi connectivity index (χ4n) is 2.73. The van der Waals surface area contributed by atoms with Gasteiger partial charge in [0.15, 0.2) is 5.78 Å². The van der Waals surface area contributed by atoms with Gasteiger partial charge in [-0.15, -0.1) is 0 Å². The maximum Gasteiger partial charge on any atom is 0.173 e. The van der Waals surface area contributed by atoms with E-state index < -0.39 is 0 Å². The smallest absolute Gasteiger partial charge is 0.173 e. The van der Waals surface area contributed by atoms with Gasteiger partial charge in [0.05, 0.1) is 26.1 Å². The quantitative estimate of drug-likeness (QED) is 0.614. The van der Waals surface area contributed by atoms with Crippen LogP contribution in [0.3, 0.4) is 0 Å². The van der Waals surface area contributed by atoms with Crippen molar-refractivity contribution in [2.45, 2.75) is 0 Å². The zero-order valence-corrected chi connectivity index (χ0v) is 15.1. The number of carbonyl (C=O) groups is 1. The molecule has 0 aromatic heterocycles. The summed E-state index contributed by atoms with van der Waals surface area (Å²) < 4.78 is 11.5. The van der Waals surface area contributed by atoms with Gasteiger partial charge in [-0.25, -0.2) is 0 Å². The molecule has 0 N–H and O–H groups in total. The molecule has 0 amide bonds. The number of morpholine rings is 1. The summed E-state index contributed by atoms with van der Waals surface area (Å²) in [5, 5.41) is 1.87.